The maximum atomic E-state index is 10.8. The summed E-state index contributed by atoms with van der Waals surface area (Å²) in [5.41, 5.74) is 0.278. The van der Waals surface area contributed by atoms with E-state index in [4.69, 9.17) is 18.9 Å². The molecule has 0 radical (unpaired) electrons. The highest BCUT2D eigenvalue weighted by Crippen LogP contribution is 2.70. The molecule has 5 nitrogen and oxygen atoms in total. The van der Waals surface area contributed by atoms with Crippen LogP contribution in [0.3, 0.4) is 0 Å². The van der Waals surface area contributed by atoms with Crippen LogP contribution in [-0.2, 0) is 18.9 Å². The fourth-order valence-corrected chi connectivity index (χ4v) is 8.76. The van der Waals surface area contributed by atoms with Crippen LogP contribution in [-0.4, -0.2) is 49.2 Å². The van der Waals surface area contributed by atoms with Crippen molar-refractivity contribution in [1.29, 1.82) is 0 Å². The van der Waals surface area contributed by atoms with Gasteiger partial charge in [-0.05, 0) is 60.7 Å². The minimum absolute atomic E-state index is 0.0811. The van der Waals surface area contributed by atoms with E-state index in [2.05, 4.69) is 13.8 Å². The maximum Gasteiger partial charge on any atom is 0.172 e. The average Bonchev–Trinajstić information content (AvgIpc) is 3.39. The predicted octanol–water partition coefficient (Wildman–Crippen LogP) is 3.49. The molecule has 7 atom stereocenters. The first-order valence-electron chi connectivity index (χ1n) is 11.6. The summed E-state index contributed by atoms with van der Waals surface area (Å²) in [4.78, 5) is 0. The third kappa shape index (κ3) is 2.26. The van der Waals surface area contributed by atoms with E-state index >= 15 is 0 Å². The molecule has 0 aromatic rings. The van der Waals surface area contributed by atoms with Crippen molar-refractivity contribution in [2.24, 2.45) is 34.5 Å². The minimum Gasteiger partial charge on any atom is -0.393 e. The lowest BCUT2D eigenvalue weighted by molar-refractivity contribution is -0.325. The second-order valence-electron chi connectivity index (χ2n) is 11.1. The molecule has 1 N–H and O–H groups in total. The summed E-state index contributed by atoms with van der Waals surface area (Å²) in [5.74, 6) is 1.31. The quantitative estimate of drug-likeness (QED) is 0.684. The predicted molar refractivity (Wildman–Crippen MR) is 102 cm³/mol. The summed E-state index contributed by atoms with van der Waals surface area (Å²) < 4.78 is 25.3. The van der Waals surface area contributed by atoms with Gasteiger partial charge in [-0.25, -0.2) is 0 Å². The molecule has 2 spiro atoms. The Hall–Kier alpha value is -0.200. The zero-order valence-corrected chi connectivity index (χ0v) is 17.5. The van der Waals surface area contributed by atoms with Gasteiger partial charge in [0, 0.05) is 25.2 Å². The van der Waals surface area contributed by atoms with Gasteiger partial charge in [-0.2, -0.15) is 0 Å². The summed E-state index contributed by atoms with van der Waals surface area (Å²) in [6, 6.07) is 0. The van der Waals surface area contributed by atoms with Crippen molar-refractivity contribution >= 4 is 0 Å². The van der Waals surface area contributed by atoms with Gasteiger partial charge in [-0.1, -0.05) is 13.8 Å². The molecular formula is C23H36O5. The summed E-state index contributed by atoms with van der Waals surface area (Å²) in [5, 5.41) is 10.8. The lowest BCUT2D eigenvalue weighted by Crippen LogP contribution is -2.65. The highest BCUT2D eigenvalue weighted by Gasteiger charge is 2.69. The number of ether oxygens (including phenoxy) is 4. The minimum atomic E-state index is -0.482. The first-order valence-corrected chi connectivity index (χ1v) is 11.6. The molecule has 2 aliphatic heterocycles. The number of hydrogen-bond donors (Lipinski definition) is 1. The van der Waals surface area contributed by atoms with Crippen LogP contribution in [0.4, 0.5) is 0 Å². The van der Waals surface area contributed by atoms with Crippen molar-refractivity contribution in [1.82, 2.24) is 0 Å². The second-order valence-corrected chi connectivity index (χ2v) is 11.1. The van der Waals surface area contributed by atoms with Gasteiger partial charge in [0.15, 0.2) is 11.6 Å². The van der Waals surface area contributed by atoms with Crippen LogP contribution < -0.4 is 0 Å². The van der Waals surface area contributed by atoms with Crippen molar-refractivity contribution < 1.29 is 24.1 Å². The Balaban J connectivity index is 1.40. The number of fused-ring (bicyclic) bond motifs is 6. The molecule has 6 aliphatic rings. The molecule has 0 aromatic heterocycles. The molecule has 0 unspecified atom stereocenters. The first-order chi connectivity index (χ1) is 13.4. The first kappa shape index (κ1) is 18.6. The highest BCUT2D eigenvalue weighted by atomic mass is 16.7. The Kier molecular flexibility index (Phi) is 3.94. The van der Waals surface area contributed by atoms with E-state index in [9.17, 15) is 5.11 Å². The van der Waals surface area contributed by atoms with Gasteiger partial charge in [0.05, 0.1) is 32.5 Å². The molecule has 2 heterocycles. The third-order valence-electron chi connectivity index (χ3n) is 10.2. The van der Waals surface area contributed by atoms with Crippen LogP contribution in [0.5, 0.6) is 0 Å². The Labute approximate surface area is 168 Å². The number of aliphatic hydroxyl groups excluding tert-OH is 1. The number of hydrogen-bond acceptors (Lipinski definition) is 5. The monoisotopic (exact) mass is 392 g/mol. The molecule has 28 heavy (non-hydrogen) atoms. The number of rotatable bonds is 0. The lowest BCUT2D eigenvalue weighted by atomic mass is 9.43. The molecule has 0 aromatic carbocycles. The van der Waals surface area contributed by atoms with Crippen LogP contribution in [0.2, 0.25) is 0 Å². The van der Waals surface area contributed by atoms with Crippen molar-refractivity contribution in [2.45, 2.75) is 82.9 Å². The van der Waals surface area contributed by atoms with Crippen LogP contribution in [0.15, 0.2) is 0 Å². The van der Waals surface area contributed by atoms with E-state index < -0.39 is 11.6 Å². The second kappa shape index (κ2) is 5.94. The molecule has 2 saturated heterocycles. The molecule has 6 fully saturated rings. The SMILES string of the molecule is C[C@]12CCC3(C[C@@H]1C1(C[C@@H]4[C@@H]2CC[C@]2(C)[C@H](O)CC[C@@H]42)OCCO1)OCCO3. The zero-order valence-electron chi connectivity index (χ0n) is 17.5. The summed E-state index contributed by atoms with van der Waals surface area (Å²) in [6.45, 7) is 7.67. The normalized spacial score (nSPS) is 53.9. The van der Waals surface area contributed by atoms with Crippen molar-refractivity contribution in [3.63, 3.8) is 0 Å². The van der Waals surface area contributed by atoms with Gasteiger partial charge < -0.3 is 24.1 Å². The molecule has 0 bridgehead atoms. The Morgan fingerprint density at radius 1 is 0.714 bits per heavy atom. The van der Waals surface area contributed by atoms with E-state index in [0.717, 1.165) is 44.9 Å². The molecular weight excluding hydrogens is 356 g/mol. The molecule has 5 heteroatoms. The van der Waals surface area contributed by atoms with E-state index in [1.54, 1.807) is 0 Å². The fourth-order valence-electron chi connectivity index (χ4n) is 8.76. The van der Waals surface area contributed by atoms with Crippen LogP contribution in [0.25, 0.3) is 0 Å². The third-order valence-corrected chi connectivity index (χ3v) is 10.2. The lowest BCUT2D eigenvalue weighted by Gasteiger charge is -2.65. The molecule has 4 saturated carbocycles. The molecule has 158 valence electrons. The maximum absolute atomic E-state index is 10.8. The van der Waals surface area contributed by atoms with Gasteiger partial charge in [0.1, 0.15) is 0 Å². The van der Waals surface area contributed by atoms with Crippen LogP contribution in [0, 0.1) is 34.5 Å². The Morgan fingerprint density at radius 2 is 1.39 bits per heavy atom. The van der Waals surface area contributed by atoms with Crippen molar-refractivity contribution in [3.8, 4) is 0 Å². The molecule has 6 rings (SSSR count). The topological polar surface area (TPSA) is 57.2 Å². The highest BCUT2D eigenvalue weighted by molar-refractivity contribution is 5.14. The largest absolute Gasteiger partial charge is 0.393 e. The van der Waals surface area contributed by atoms with Crippen molar-refractivity contribution in [2.75, 3.05) is 26.4 Å². The van der Waals surface area contributed by atoms with E-state index in [0.29, 0.717) is 50.1 Å². The van der Waals surface area contributed by atoms with Crippen LogP contribution >= 0.6 is 0 Å². The summed E-state index contributed by atoms with van der Waals surface area (Å²) in [6.07, 6.45) is 8.37. The van der Waals surface area contributed by atoms with Crippen molar-refractivity contribution in [3.05, 3.63) is 0 Å². The van der Waals surface area contributed by atoms with E-state index in [1.165, 1.54) is 6.42 Å². The smallest absolute Gasteiger partial charge is 0.172 e. The fraction of sp³-hybridized carbons (Fsp3) is 1.00. The number of aliphatic hydroxyl groups is 1. The van der Waals surface area contributed by atoms with Gasteiger partial charge in [0.2, 0.25) is 0 Å². The van der Waals surface area contributed by atoms with Gasteiger partial charge in [0.25, 0.3) is 0 Å². The van der Waals surface area contributed by atoms with E-state index in [1.807, 2.05) is 0 Å². The van der Waals surface area contributed by atoms with E-state index in [-0.39, 0.29) is 16.9 Å². The van der Waals surface area contributed by atoms with Gasteiger partial charge in [-0.15, -0.1) is 0 Å². The average molecular weight is 393 g/mol. The standard InChI is InChI=1S/C23H36O5/c1-20-7-8-22(25-9-10-26-22)14-18(20)23(27-11-12-28-23)13-15-16-3-4-19(24)21(16,2)6-5-17(15)20/h15-19,24H,3-14H2,1-2H3/t15-,16-,17-,18-,19+,20+,21-/m0/s1. The Bertz CT molecular complexity index is 639. The summed E-state index contributed by atoms with van der Waals surface area (Å²) in [7, 11) is 0. The van der Waals surface area contributed by atoms with Crippen LogP contribution in [0.1, 0.15) is 65.2 Å². The zero-order chi connectivity index (χ0) is 19.2. The Morgan fingerprint density at radius 3 is 2.14 bits per heavy atom. The molecule has 4 aliphatic carbocycles. The van der Waals surface area contributed by atoms with Gasteiger partial charge >= 0.3 is 0 Å². The molecule has 0 amide bonds. The summed E-state index contributed by atoms with van der Waals surface area (Å²) >= 11 is 0. The van der Waals surface area contributed by atoms with Gasteiger partial charge in [-0.3, -0.25) is 0 Å².